The fourth-order valence-electron chi connectivity index (χ4n) is 5.21. The van der Waals surface area contributed by atoms with Crippen molar-refractivity contribution >= 4 is 17.8 Å². The van der Waals surface area contributed by atoms with E-state index < -0.39 is 30.1 Å². The first kappa shape index (κ1) is 25.0. The maximum absolute atomic E-state index is 13.4. The molecule has 0 spiro atoms. The van der Waals surface area contributed by atoms with Crippen molar-refractivity contribution in [1.82, 2.24) is 10.2 Å². The van der Waals surface area contributed by atoms with Gasteiger partial charge in [0.2, 0.25) is 5.91 Å². The monoisotopic (exact) mass is 460 g/mol. The van der Waals surface area contributed by atoms with Crippen molar-refractivity contribution < 1.29 is 29.0 Å². The molecule has 0 bridgehead atoms. The Morgan fingerprint density at radius 2 is 1.88 bits per heavy atom. The number of carbonyl (C=O) groups excluding carboxylic acids is 2. The fourth-order valence-corrected chi connectivity index (χ4v) is 5.21. The zero-order valence-corrected chi connectivity index (χ0v) is 19.8. The number of aryl methyl sites for hydroxylation is 1. The van der Waals surface area contributed by atoms with Gasteiger partial charge in [-0.25, -0.2) is 4.79 Å². The maximum Gasteiger partial charge on any atom is 0.326 e. The Morgan fingerprint density at radius 1 is 1.18 bits per heavy atom. The molecule has 0 aromatic heterocycles. The summed E-state index contributed by atoms with van der Waals surface area (Å²) >= 11 is 0. The minimum atomic E-state index is -0.952. The number of carboxylic acids is 1. The molecule has 1 amide bonds. The quantitative estimate of drug-likeness (QED) is 0.517. The summed E-state index contributed by atoms with van der Waals surface area (Å²) in [5, 5.41) is 12.9. The van der Waals surface area contributed by atoms with Crippen molar-refractivity contribution in [3.8, 4) is 5.75 Å². The molecule has 5 atom stereocenters. The number of carbonyl (C=O) groups is 3. The average molecular weight is 461 g/mol. The zero-order chi connectivity index (χ0) is 24.0. The molecule has 1 aliphatic heterocycles. The number of hydrogen-bond acceptors (Lipinski definition) is 6. The molecule has 1 aromatic carbocycles. The van der Waals surface area contributed by atoms with Crippen molar-refractivity contribution in [2.45, 2.75) is 83.0 Å². The van der Waals surface area contributed by atoms with Crippen molar-refractivity contribution in [3.63, 3.8) is 0 Å². The van der Waals surface area contributed by atoms with Gasteiger partial charge >= 0.3 is 11.9 Å². The van der Waals surface area contributed by atoms with Crippen LogP contribution in [0.5, 0.6) is 5.75 Å². The molecule has 8 nitrogen and oxygen atoms in total. The van der Waals surface area contributed by atoms with Crippen LogP contribution < -0.4 is 10.1 Å². The van der Waals surface area contributed by atoms with Crippen LogP contribution >= 0.6 is 0 Å². The minimum Gasteiger partial charge on any atom is -0.497 e. The van der Waals surface area contributed by atoms with Crippen molar-refractivity contribution in [2.75, 3.05) is 13.7 Å². The van der Waals surface area contributed by atoms with Gasteiger partial charge in [0.25, 0.3) is 0 Å². The lowest BCUT2D eigenvalue weighted by molar-refractivity contribution is -0.152. The van der Waals surface area contributed by atoms with Gasteiger partial charge in [0.15, 0.2) is 0 Å². The van der Waals surface area contributed by atoms with Gasteiger partial charge in [0, 0.05) is 6.04 Å². The smallest absolute Gasteiger partial charge is 0.326 e. The van der Waals surface area contributed by atoms with Gasteiger partial charge in [-0.05, 0) is 69.6 Å². The highest BCUT2D eigenvalue weighted by molar-refractivity contribution is 5.88. The first-order valence-corrected chi connectivity index (χ1v) is 12.0. The van der Waals surface area contributed by atoms with Crippen molar-refractivity contribution in [2.24, 2.45) is 5.92 Å². The molecule has 0 unspecified atom stereocenters. The third kappa shape index (κ3) is 6.05. The number of esters is 1. The summed E-state index contributed by atoms with van der Waals surface area (Å²) in [6.45, 7) is 3.70. The molecule has 0 radical (unpaired) electrons. The van der Waals surface area contributed by atoms with E-state index in [1.165, 1.54) is 0 Å². The lowest BCUT2D eigenvalue weighted by Gasteiger charge is -2.35. The van der Waals surface area contributed by atoms with E-state index in [0.29, 0.717) is 19.3 Å². The number of benzene rings is 1. The summed E-state index contributed by atoms with van der Waals surface area (Å²) in [5.41, 5.74) is 1.04. The van der Waals surface area contributed by atoms with Crippen LogP contribution in [0, 0.1) is 5.92 Å². The van der Waals surface area contributed by atoms with Crippen LogP contribution in [-0.4, -0.2) is 65.7 Å². The summed E-state index contributed by atoms with van der Waals surface area (Å²) in [4.78, 5) is 39.5. The molecule has 1 aromatic rings. The van der Waals surface area contributed by atoms with Crippen LogP contribution in [-0.2, 0) is 25.5 Å². The Labute approximate surface area is 195 Å². The average Bonchev–Trinajstić information content (AvgIpc) is 3.21. The molecule has 1 heterocycles. The van der Waals surface area contributed by atoms with Crippen LogP contribution in [0.4, 0.5) is 0 Å². The molecule has 1 saturated carbocycles. The van der Waals surface area contributed by atoms with E-state index in [4.69, 9.17) is 9.47 Å². The molecule has 1 aliphatic carbocycles. The standard InChI is InChI=1S/C25H36N2O6/c1-4-33-25(31)20(14-11-17-9-12-19(32-3)13-10-17)26-16(2)23(28)27-21-8-6-5-7-18(21)15-22(27)24(29)30/h9-10,12-13,16,18,20-22,26H,4-8,11,14-15H2,1-3H3,(H,29,30)/t16-,18+,20-,21-,22-/m0/s1. The Balaban J connectivity index is 1.69. The van der Waals surface area contributed by atoms with Crippen LogP contribution in [0.15, 0.2) is 24.3 Å². The van der Waals surface area contributed by atoms with Crippen LogP contribution in [0.3, 0.4) is 0 Å². The van der Waals surface area contributed by atoms with E-state index in [0.717, 1.165) is 37.0 Å². The van der Waals surface area contributed by atoms with E-state index in [1.807, 2.05) is 24.3 Å². The first-order valence-electron chi connectivity index (χ1n) is 12.0. The van der Waals surface area contributed by atoms with Crippen LogP contribution in [0.2, 0.25) is 0 Å². The van der Waals surface area contributed by atoms with E-state index in [2.05, 4.69) is 5.32 Å². The lowest BCUT2D eigenvalue weighted by Crippen LogP contribution is -2.55. The molecule has 3 rings (SSSR count). The second kappa shape index (κ2) is 11.5. The number of fused-ring (bicyclic) bond motifs is 1. The zero-order valence-electron chi connectivity index (χ0n) is 19.8. The lowest BCUT2D eigenvalue weighted by atomic mass is 9.84. The van der Waals surface area contributed by atoms with E-state index in [-0.39, 0.29) is 24.5 Å². The number of hydrogen-bond donors (Lipinski definition) is 2. The summed E-state index contributed by atoms with van der Waals surface area (Å²) in [6, 6.07) is 5.44. The number of aliphatic carboxylic acids is 1. The van der Waals surface area contributed by atoms with Crippen LogP contribution in [0.1, 0.15) is 57.9 Å². The highest BCUT2D eigenvalue weighted by Crippen LogP contribution is 2.40. The highest BCUT2D eigenvalue weighted by atomic mass is 16.5. The van der Waals surface area contributed by atoms with Gasteiger partial charge in [0.05, 0.1) is 19.8 Å². The number of nitrogens with one attached hydrogen (secondary N) is 1. The first-order chi connectivity index (χ1) is 15.8. The van der Waals surface area contributed by atoms with Crippen LogP contribution in [0.25, 0.3) is 0 Å². The van der Waals surface area contributed by atoms with Gasteiger partial charge in [-0.3, -0.25) is 14.9 Å². The largest absolute Gasteiger partial charge is 0.497 e. The highest BCUT2D eigenvalue weighted by Gasteiger charge is 2.48. The number of amides is 1. The molecular formula is C25H36N2O6. The molecule has 2 fully saturated rings. The molecular weight excluding hydrogens is 424 g/mol. The Morgan fingerprint density at radius 3 is 2.52 bits per heavy atom. The summed E-state index contributed by atoms with van der Waals surface area (Å²) in [6.07, 6.45) is 5.48. The third-order valence-corrected chi connectivity index (χ3v) is 6.90. The Kier molecular flexibility index (Phi) is 8.72. The van der Waals surface area contributed by atoms with E-state index >= 15 is 0 Å². The van der Waals surface area contributed by atoms with Gasteiger partial charge in [-0.2, -0.15) is 0 Å². The number of carboxylic acid groups (broad SMARTS) is 1. The predicted molar refractivity (Wildman–Crippen MR) is 123 cm³/mol. The third-order valence-electron chi connectivity index (χ3n) is 6.90. The Bertz CT molecular complexity index is 827. The van der Waals surface area contributed by atoms with Crippen molar-refractivity contribution in [3.05, 3.63) is 29.8 Å². The number of likely N-dealkylation sites (tertiary alicyclic amines) is 1. The maximum atomic E-state index is 13.4. The van der Waals surface area contributed by atoms with Gasteiger partial charge < -0.3 is 19.5 Å². The summed E-state index contributed by atoms with van der Waals surface area (Å²) in [5.74, 6) is -0.607. The number of ether oxygens (including phenoxy) is 2. The fraction of sp³-hybridized carbons (Fsp3) is 0.640. The molecule has 182 valence electrons. The van der Waals surface area contributed by atoms with Gasteiger partial charge in [-0.1, -0.05) is 25.0 Å². The minimum absolute atomic E-state index is 0.0306. The topological polar surface area (TPSA) is 105 Å². The van der Waals surface area contributed by atoms with Gasteiger partial charge in [-0.15, -0.1) is 0 Å². The number of nitrogens with zero attached hydrogens (tertiary/aromatic N) is 1. The number of methoxy groups -OCH3 is 1. The SMILES string of the molecule is CCOC(=O)[C@H](CCc1ccc(OC)cc1)N[C@@H](C)C(=O)N1[C@H](C(=O)O)C[C@H]2CCCC[C@@H]21. The van der Waals surface area contributed by atoms with E-state index in [9.17, 15) is 19.5 Å². The molecule has 2 N–H and O–H groups in total. The number of rotatable bonds is 10. The molecule has 2 aliphatic rings. The predicted octanol–water partition coefficient (Wildman–Crippen LogP) is 2.78. The molecule has 8 heteroatoms. The molecule has 1 saturated heterocycles. The van der Waals surface area contributed by atoms with E-state index in [1.54, 1.807) is 25.9 Å². The van der Waals surface area contributed by atoms with Crippen molar-refractivity contribution in [1.29, 1.82) is 0 Å². The Hall–Kier alpha value is -2.61. The summed E-state index contributed by atoms with van der Waals surface area (Å²) in [7, 11) is 1.61. The normalized spacial score (nSPS) is 24.0. The molecule has 33 heavy (non-hydrogen) atoms. The second-order valence-corrected chi connectivity index (χ2v) is 9.03. The second-order valence-electron chi connectivity index (χ2n) is 9.03. The van der Waals surface area contributed by atoms with Gasteiger partial charge in [0.1, 0.15) is 17.8 Å². The summed E-state index contributed by atoms with van der Waals surface area (Å²) < 4.78 is 10.4.